The Morgan fingerprint density at radius 1 is 1.15 bits per heavy atom. The van der Waals surface area contributed by atoms with Crippen LogP contribution in [0, 0.1) is 5.92 Å². The molecule has 1 saturated heterocycles. The van der Waals surface area contributed by atoms with Crippen molar-refractivity contribution >= 4 is 31.6 Å². The SMILES string of the molecule is NS(=O)(=O)c1cc(S(=O)(=O)NCC2CC(=O)N(C3CC3)C2)ccc1NC1CCCC(F)(F)C1. The van der Waals surface area contributed by atoms with Crippen LogP contribution >= 0.6 is 0 Å². The number of rotatable bonds is 8. The van der Waals surface area contributed by atoms with E-state index in [2.05, 4.69) is 10.0 Å². The van der Waals surface area contributed by atoms with Gasteiger partial charge in [-0.2, -0.15) is 0 Å². The van der Waals surface area contributed by atoms with E-state index in [4.69, 9.17) is 5.14 Å². The van der Waals surface area contributed by atoms with Gasteiger partial charge in [0, 0.05) is 44.4 Å². The van der Waals surface area contributed by atoms with E-state index in [1.807, 2.05) is 0 Å². The lowest BCUT2D eigenvalue weighted by atomic mass is 9.92. The van der Waals surface area contributed by atoms with Crippen LogP contribution in [0.4, 0.5) is 14.5 Å². The maximum absolute atomic E-state index is 13.7. The molecule has 1 aromatic carbocycles. The first-order chi connectivity index (χ1) is 15.3. The number of benzene rings is 1. The van der Waals surface area contributed by atoms with E-state index in [1.165, 1.54) is 12.1 Å². The first-order valence-electron chi connectivity index (χ1n) is 10.9. The number of hydrogen-bond acceptors (Lipinski definition) is 6. The summed E-state index contributed by atoms with van der Waals surface area (Å²) < 4.78 is 79.8. The molecule has 184 valence electrons. The number of nitrogens with zero attached hydrogens (tertiary/aromatic N) is 1. The Hall–Kier alpha value is -1.83. The van der Waals surface area contributed by atoms with Crippen molar-refractivity contribution in [3.05, 3.63) is 18.2 Å². The summed E-state index contributed by atoms with van der Waals surface area (Å²) in [4.78, 5) is 13.1. The molecule has 9 nitrogen and oxygen atoms in total. The van der Waals surface area contributed by atoms with E-state index < -0.39 is 43.3 Å². The number of sulfonamides is 2. The average molecular weight is 507 g/mol. The Balaban J connectivity index is 1.48. The van der Waals surface area contributed by atoms with Crippen LogP contribution in [0.15, 0.2) is 28.0 Å². The quantitative estimate of drug-likeness (QED) is 0.490. The molecule has 33 heavy (non-hydrogen) atoms. The van der Waals surface area contributed by atoms with Gasteiger partial charge in [0.25, 0.3) is 0 Å². The molecule has 2 saturated carbocycles. The third kappa shape index (κ3) is 5.81. The fourth-order valence-corrected chi connectivity index (χ4v) is 6.48. The zero-order chi connectivity index (χ0) is 24.0. The summed E-state index contributed by atoms with van der Waals surface area (Å²) in [5, 5.41) is 8.09. The predicted octanol–water partition coefficient (Wildman–Crippen LogP) is 1.61. The summed E-state index contributed by atoms with van der Waals surface area (Å²) in [6, 6.07) is 2.97. The number of carbonyl (C=O) groups excluding carboxylic acids is 1. The van der Waals surface area contributed by atoms with E-state index in [1.54, 1.807) is 4.90 Å². The average Bonchev–Trinajstić information content (AvgIpc) is 3.47. The van der Waals surface area contributed by atoms with Crippen molar-refractivity contribution in [1.29, 1.82) is 0 Å². The number of nitrogens with one attached hydrogen (secondary N) is 2. The smallest absolute Gasteiger partial charge is 0.250 e. The Morgan fingerprint density at radius 3 is 2.52 bits per heavy atom. The lowest BCUT2D eigenvalue weighted by Crippen LogP contribution is -2.35. The van der Waals surface area contributed by atoms with Crippen molar-refractivity contribution in [2.24, 2.45) is 11.1 Å². The zero-order valence-electron chi connectivity index (χ0n) is 18.0. The van der Waals surface area contributed by atoms with Crippen LogP contribution < -0.4 is 15.2 Å². The standard InChI is InChI=1S/C20H28F2N4O5S2/c21-20(22)7-1-2-14(10-20)25-17-6-5-16(9-18(17)32(23,28)29)33(30,31)24-11-13-8-19(27)26(12-13)15-3-4-15/h5-6,9,13-15,24-25H,1-4,7-8,10-12H2,(H2,23,28,29). The van der Waals surface area contributed by atoms with E-state index in [0.717, 1.165) is 18.9 Å². The summed E-state index contributed by atoms with van der Waals surface area (Å²) in [6.07, 6.45) is 2.25. The highest BCUT2D eigenvalue weighted by molar-refractivity contribution is 7.90. The summed E-state index contributed by atoms with van der Waals surface area (Å²) in [7, 11) is -8.42. The van der Waals surface area contributed by atoms with Gasteiger partial charge in [0.05, 0.1) is 10.6 Å². The maximum Gasteiger partial charge on any atom is 0.250 e. The van der Waals surface area contributed by atoms with Gasteiger partial charge < -0.3 is 10.2 Å². The third-order valence-corrected chi connectivity index (χ3v) is 8.73. The normalized spacial score (nSPS) is 25.9. The van der Waals surface area contributed by atoms with Gasteiger partial charge in [0.2, 0.25) is 31.9 Å². The van der Waals surface area contributed by atoms with Crippen LogP contribution in [-0.4, -0.2) is 58.7 Å². The minimum atomic E-state index is -4.34. The number of hydrogen-bond donors (Lipinski definition) is 3. The lowest BCUT2D eigenvalue weighted by Gasteiger charge is -2.30. The molecule has 13 heteroatoms. The summed E-state index contributed by atoms with van der Waals surface area (Å²) in [6.45, 7) is 0.530. The Bertz CT molecular complexity index is 1140. The van der Waals surface area contributed by atoms with Crippen LogP contribution in [0.3, 0.4) is 0 Å². The molecule has 0 spiro atoms. The topological polar surface area (TPSA) is 139 Å². The third-order valence-electron chi connectivity index (χ3n) is 6.36. The van der Waals surface area contributed by atoms with Gasteiger partial charge in [-0.05, 0) is 49.8 Å². The highest BCUT2D eigenvalue weighted by Gasteiger charge is 2.40. The first-order valence-corrected chi connectivity index (χ1v) is 14.0. The molecule has 1 amide bonds. The van der Waals surface area contributed by atoms with Gasteiger partial charge in [-0.1, -0.05) is 0 Å². The molecule has 1 heterocycles. The first kappa shape index (κ1) is 24.3. The second-order valence-electron chi connectivity index (χ2n) is 9.20. The number of primary sulfonamides is 1. The van der Waals surface area contributed by atoms with Crippen molar-refractivity contribution in [1.82, 2.24) is 9.62 Å². The molecular weight excluding hydrogens is 478 g/mol. The highest BCUT2D eigenvalue weighted by Crippen LogP contribution is 2.36. The Kier molecular flexibility index (Phi) is 6.44. The molecule has 0 bridgehead atoms. The number of anilines is 1. The van der Waals surface area contributed by atoms with Crippen LogP contribution in [-0.2, 0) is 24.8 Å². The molecule has 1 aromatic rings. The van der Waals surface area contributed by atoms with Gasteiger partial charge in [-0.3, -0.25) is 4.79 Å². The van der Waals surface area contributed by atoms with Gasteiger partial charge in [-0.25, -0.2) is 35.5 Å². The number of halogens is 2. The fraction of sp³-hybridized carbons (Fsp3) is 0.650. The van der Waals surface area contributed by atoms with Crippen LogP contribution in [0.2, 0.25) is 0 Å². The molecule has 4 rings (SSSR count). The zero-order valence-corrected chi connectivity index (χ0v) is 19.6. The number of likely N-dealkylation sites (tertiary alicyclic amines) is 1. The van der Waals surface area contributed by atoms with E-state index >= 15 is 0 Å². The monoisotopic (exact) mass is 506 g/mol. The minimum absolute atomic E-state index is 0.0133. The highest BCUT2D eigenvalue weighted by atomic mass is 32.2. The lowest BCUT2D eigenvalue weighted by molar-refractivity contribution is -0.128. The van der Waals surface area contributed by atoms with Crippen LogP contribution in [0.25, 0.3) is 0 Å². The number of amides is 1. The molecule has 3 aliphatic rings. The second kappa shape index (κ2) is 8.75. The largest absolute Gasteiger partial charge is 0.381 e. The number of carbonyl (C=O) groups is 1. The number of alkyl halides is 2. The van der Waals surface area contributed by atoms with Gasteiger partial charge in [0.1, 0.15) is 4.90 Å². The van der Waals surface area contributed by atoms with Crippen molar-refractivity contribution in [2.45, 2.75) is 72.7 Å². The Morgan fingerprint density at radius 2 is 1.88 bits per heavy atom. The maximum atomic E-state index is 13.7. The molecule has 2 atom stereocenters. The molecular formula is C20H28F2N4O5S2. The van der Waals surface area contributed by atoms with Gasteiger partial charge >= 0.3 is 0 Å². The van der Waals surface area contributed by atoms with E-state index in [0.29, 0.717) is 13.0 Å². The molecule has 0 radical (unpaired) electrons. The van der Waals surface area contributed by atoms with Crippen molar-refractivity contribution in [3.8, 4) is 0 Å². The van der Waals surface area contributed by atoms with Gasteiger partial charge in [0.15, 0.2) is 0 Å². The summed E-state index contributed by atoms with van der Waals surface area (Å²) >= 11 is 0. The molecule has 0 aromatic heterocycles. The van der Waals surface area contributed by atoms with Gasteiger partial charge in [-0.15, -0.1) is 0 Å². The van der Waals surface area contributed by atoms with E-state index in [-0.39, 0.29) is 54.3 Å². The van der Waals surface area contributed by atoms with Crippen molar-refractivity contribution in [3.63, 3.8) is 0 Å². The van der Waals surface area contributed by atoms with E-state index in [9.17, 15) is 30.4 Å². The molecule has 2 aliphatic carbocycles. The molecule has 1 aliphatic heterocycles. The van der Waals surface area contributed by atoms with Crippen molar-refractivity contribution < 1.29 is 30.4 Å². The number of nitrogens with two attached hydrogens (primary N) is 1. The summed E-state index contributed by atoms with van der Waals surface area (Å²) in [5.74, 6) is -3.00. The van der Waals surface area contributed by atoms with Crippen LogP contribution in [0.5, 0.6) is 0 Å². The predicted molar refractivity (Wildman–Crippen MR) is 117 cm³/mol. The minimum Gasteiger partial charge on any atom is -0.381 e. The van der Waals surface area contributed by atoms with Crippen LogP contribution in [0.1, 0.15) is 44.9 Å². The molecule has 4 N–H and O–H groups in total. The molecule has 2 unspecified atom stereocenters. The molecule has 3 fully saturated rings. The van der Waals surface area contributed by atoms with Crippen molar-refractivity contribution in [2.75, 3.05) is 18.4 Å². The second-order valence-corrected chi connectivity index (χ2v) is 12.5. The summed E-state index contributed by atoms with van der Waals surface area (Å²) in [5.41, 5.74) is -0.0133. The Labute approximate surface area is 192 Å². The fourth-order valence-electron chi connectivity index (χ4n) is 4.53.